The van der Waals surface area contributed by atoms with Crippen LogP contribution in [0.2, 0.25) is 5.02 Å². The van der Waals surface area contributed by atoms with Crippen LogP contribution in [0.4, 0.5) is 0 Å². The van der Waals surface area contributed by atoms with E-state index in [0.29, 0.717) is 20.6 Å². The Hall–Kier alpha value is -0.850. The molecule has 66 valence electrons. The fraction of sp³-hybridized carbons (Fsp3) is 0.111. The summed E-state index contributed by atoms with van der Waals surface area (Å²) >= 11 is 8.99. The number of nitrogens with zero attached hydrogens (tertiary/aromatic N) is 1. The lowest BCUT2D eigenvalue weighted by atomic mass is 10.1. The molecule has 0 saturated carbocycles. The number of Topliss-reactive ketones (excluding diaryl/α,β-unsaturated/α-hetero) is 1. The van der Waals surface area contributed by atoms with Crippen LogP contribution in [0, 0.1) is 11.3 Å². The summed E-state index contributed by atoms with van der Waals surface area (Å²) in [6, 6.07) is 5.00. The monoisotopic (exact) mass is 257 g/mol. The molecule has 0 fully saturated rings. The van der Waals surface area contributed by atoms with Crippen LogP contribution in [-0.4, -0.2) is 5.78 Å². The molecule has 2 nitrogen and oxygen atoms in total. The van der Waals surface area contributed by atoms with E-state index >= 15 is 0 Å². The maximum atomic E-state index is 11.1. The first-order valence-electron chi connectivity index (χ1n) is 3.46. The summed E-state index contributed by atoms with van der Waals surface area (Å²) in [6.45, 7) is 1.43. The molecule has 0 atom stereocenters. The molecule has 0 heterocycles. The van der Waals surface area contributed by atoms with Gasteiger partial charge in [-0.05, 0) is 35.0 Å². The minimum atomic E-state index is -0.124. The fourth-order valence-electron chi connectivity index (χ4n) is 0.974. The Morgan fingerprint density at radius 1 is 1.62 bits per heavy atom. The molecule has 0 spiro atoms. The van der Waals surface area contributed by atoms with Gasteiger partial charge in [0.05, 0.1) is 22.2 Å². The van der Waals surface area contributed by atoms with Gasteiger partial charge in [0, 0.05) is 4.47 Å². The van der Waals surface area contributed by atoms with Crippen molar-refractivity contribution in [1.82, 2.24) is 0 Å². The quantitative estimate of drug-likeness (QED) is 0.726. The third-order valence-electron chi connectivity index (χ3n) is 1.52. The Balaban J connectivity index is 3.42. The number of ketones is 1. The van der Waals surface area contributed by atoms with Crippen molar-refractivity contribution in [3.8, 4) is 6.07 Å². The first-order chi connectivity index (χ1) is 6.06. The van der Waals surface area contributed by atoms with Gasteiger partial charge in [-0.15, -0.1) is 0 Å². The highest BCUT2D eigenvalue weighted by Crippen LogP contribution is 2.26. The van der Waals surface area contributed by atoms with Crippen LogP contribution in [-0.2, 0) is 0 Å². The summed E-state index contributed by atoms with van der Waals surface area (Å²) in [5.41, 5.74) is 0.850. The molecule has 0 aliphatic heterocycles. The summed E-state index contributed by atoms with van der Waals surface area (Å²) in [5, 5.41) is 8.91. The molecule has 0 radical (unpaired) electrons. The van der Waals surface area contributed by atoms with Gasteiger partial charge in [0.1, 0.15) is 0 Å². The molecular weight excluding hydrogens is 253 g/mol. The largest absolute Gasteiger partial charge is 0.294 e. The highest BCUT2D eigenvalue weighted by Gasteiger charge is 2.11. The number of benzene rings is 1. The van der Waals surface area contributed by atoms with Crippen LogP contribution < -0.4 is 0 Å². The van der Waals surface area contributed by atoms with Gasteiger partial charge in [0.25, 0.3) is 0 Å². The predicted molar refractivity (Wildman–Crippen MR) is 53.9 cm³/mol. The molecule has 0 amide bonds. The second-order valence-corrected chi connectivity index (χ2v) is 3.74. The Morgan fingerprint density at radius 3 is 2.62 bits per heavy atom. The van der Waals surface area contributed by atoms with E-state index < -0.39 is 0 Å². The Bertz CT molecular complexity index is 386. The van der Waals surface area contributed by atoms with E-state index in [-0.39, 0.29) is 5.78 Å². The SMILES string of the molecule is CC(=O)c1c(Cl)cc(C#N)cc1Br. The second-order valence-electron chi connectivity index (χ2n) is 2.48. The topological polar surface area (TPSA) is 40.9 Å². The normalized spacial score (nSPS) is 9.38. The van der Waals surface area contributed by atoms with Crippen LogP contribution in [0.3, 0.4) is 0 Å². The first-order valence-corrected chi connectivity index (χ1v) is 4.63. The van der Waals surface area contributed by atoms with Crippen molar-refractivity contribution in [3.05, 3.63) is 32.8 Å². The number of rotatable bonds is 1. The average molecular weight is 259 g/mol. The predicted octanol–water partition coefficient (Wildman–Crippen LogP) is 3.18. The summed E-state index contributed by atoms with van der Waals surface area (Å²) in [7, 11) is 0. The van der Waals surface area contributed by atoms with Gasteiger partial charge in [-0.3, -0.25) is 4.79 Å². The van der Waals surface area contributed by atoms with Crippen molar-refractivity contribution < 1.29 is 4.79 Å². The number of carbonyl (C=O) groups is 1. The van der Waals surface area contributed by atoms with E-state index in [1.54, 1.807) is 6.07 Å². The summed E-state index contributed by atoms with van der Waals surface area (Å²) in [4.78, 5) is 11.1. The van der Waals surface area contributed by atoms with E-state index in [4.69, 9.17) is 16.9 Å². The van der Waals surface area contributed by atoms with Crippen molar-refractivity contribution in [2.45, 2.75) is 6.92 Å². The van der Waals surface area contributed by atoms with E-state index in [1.165, 1.54) is 13.0 Å². The third kappa shape index (κ3) is 2.09. The van der Waals surface area contributed by atoms with Crippen LogP contribution >= 0.6 is 27.5 Å². The van der Waals surface area contributed by atoms with Crippen molar-refractivity contribution in [3.63, 3.8) is 0 Å². The van der Waals surface area contributed by atoms with Gasteiger partial charge in [0.15, 0.2) is 5.78 Å². The number of carbonyl (C=O) groups excluding carboxylic acids is 1. The number of halogens is 2. The van der Waals surface area contributed by atoms with Crippen LogP contribution in [0.15, 0.2) is 16.6 Å². The van der Waals surface area contributed by atoms with Crippen molar-refractivity contribution in [1.29, 1.82) is 5.26 Å². The molecule has 0 unspecified atom stereocenters. The van der Waals surface area contributed by atoms with E-state index in [0.717, 1.165) is 0 Å². The van der Waals surface area contributed by atoms with Gasteiger partial charge in [-0.2, -0.15) is 5.26 Å². The Labute approximate surface area is 89.3 Å². The summed E-state index contributed by atoms with van der Waals surface area (Å²) in [5.74, 6) is -0.124. The molecule has 1 rings (SSSR count). The van der Waals surface area contributed by atoms with E-state index in [1.807, 2.05) is 6.07 Å². The van der Waals surface area contributed by atoms with Crippen molar-refractivity contribution in [2.75, 3.05) is 0 Å². The maximum absolute atomic E-state index is 11.1. The molecule has 0 aromatic heterocycles. The van der Waals surface area contributed by atoms with Crippen LogP contribution in [0.5, 0.6) is 0 Å². The third-order valence-corrected chi connectivity index (χ3v) is 2.45. The van der Waals surface area contributed by atoms with Gasteiger partial charge < -0.3 is 0 Å². The lowest BCUT2D eigenvalue weighted by Crippen LogP contribution is -1.95. The highest BCUT2D eigenvalue weighted by molar-refractivity contribution is 9.10. The summed E-state index contributed by atoms with van der Waals surface area (Å²) < 4.78 is 0.559. The molecule has 0 bridgehead atoms. The first kappa shape index (κ1) is 10.2. The minimum Gasteiger partial charge on any atom is -0.294 e. The van der Waals surface area contributed by atoms with Gasteiger partial charge in [-0.1, -0.05) is 11.6 Å². The van der Waals surface area contributed by atoms with E-state index in [2.05, 4.69) is 15.9 Å². The van der Waals surface area contributed by atoms with Gasteiger partial charge >= 0.3 is 0 Å². The van der Waals surface area contributed by atoms with Crippen molar-refractivity contribution >= 4 is 33.3 Å². The zero-order valence-corrected chi connectivity index (χ0v) is 9.11. The Morgan fingerprint density at radius 2 is 2.23 bits per heavy atom. The molecule has 1 aromatic rings. The number of hydrogen-bond donors (Lipinski definition) is 0. The average Bonchev–Trinajstić information content (AvgIpc) is 2.02. The van der Waals surface area contributed by atoms with Gasteiger partial charge in [0.2, 0.25) is 0 Å². The lowest BCUT2D eigenvalue weighted by molar-refractivity contribution is 0.101. The highest BCUT2D eigenvalue weighted by atomic mass is 79.9. The van der Waals surface area contributed by atoms with Crippen molar-refractivity contribution in [2.24, 2.45) is 0 Å². The van der Waals surface area contributed by atoms with E-state index in [9.17, 15) is 4.79 Å². The smallest absolute Gasteiger partial charge is 0.162 e. The second kappa shape index (κ2) is 3.91. The van der Waals surface area contributed by atoms with Crippen LogP contribution in [0.1, 0.15) is 22.8 Å². The maximum Gasteiger partial charge on any atom is 0.162 e. The molecule has 0 aliphatic carbocycles. The minimum absolute atomic E-state index is 0.124. The standard InChI is InChI=1S/C9H5BrClNO/c1-5(13)9-7(10)2-6(4-12)3-8(9)11/h2-3H,1H3. The molecule has 0 N–H and O–H groups in total. The fourth-order valence-corrected chi connectivity index (χ4v) is 2.18. The molecule has 0 saturated heterocycles. The Kier molecular flexibility index (Phi) is 3.07. The molecular formula is C9H5BrClNO. The number of hydrogen-bond acceptors (Lipinski definition) is 2. The summed E-state index contributed by atoms with van der Waals surface area (Å²) in [6.07, 6.45) is 0. The zero-order chi connectivity index (χ0) is 10.0. The van der Waals surface area contributed by atoms with Crippen LogP contribution in [0.25, 0.3) is 0 Å². The molecule has 4 heteroatoms. The van der Waals surface area contributed by atoms with Gasteiger partial charge in [-0.25, -0.2) is 0 Å². The number of nitriles is 1. The lowest BCUT2D eigenvalue weighted by Gasteiger charge is -2.02. The molecule has 0 aliphatic rings. The molecule has 1 aromatic carbocycles. The zero-order valence-electron chi connectivity index (χ0n) is 6.77. The molecule has 13 heavy (non-hydrogen) atoms.